The van der Waals surface area contributed by atoms with Gasteiger partial charge in [0.1, 0.15) is 0 Å². The summed E-state index contributed by atoms with van der Waals surface area (Å²) in [7, 11) is 0. The number of anilines is 2. The minimum atomic E-state index is -0.411. The molecule has 0 saturated heterocycles. The third-order valence-electron chi connectivity index (χ3n) is 5.76. The molecule has 0 bridgehead atoms. The molecule has 0 unspecified atom stereocenters. The van der Waals surface area contributed by atoms with E-state index in [1.54, 1.807) is 0 Å². The Labute approximate surface area is 194 Å². The van der Waals surface area contributed by atoms with Gasteiger partial charge in [0.05, 0.1) is 0 Å². The van der Waals surface area contributed by atoms with Crippen LogP contribution in [0.4, 0.5) is 11.4 Å². The Kier molecular flexibility index (Phi) is 6.36. The Hall–Kier alpha value is -4.18. The first-order valence-electron chi connectivity index (χ1n) is 10.9. The molecule has 4 nitrogen and oxygen atoms in total. The molecule has 4 rings (SSSR count). The summed E-state index contributed by atoms with van der Waals surface area (Å²) in [5.74, 6) is -0.315. The summed E-state index contributed by atoms with van der Waals surface area (Å²) in [6.45, 7) is 4.19. The number of benzene rings is 4. The molecule has 2 N–H and O–H groups in total. The molecule has 0 heterocycles. The summed E-state index contributed by atoms with van der Waals surface area (Å²) in [6.07, 6.45) is 0. The van der Waals surface area contributed by atoms with Crippen LogP contribution in [0.3, 0.4) is 0 Å². The molecule has 0 fully saturated rings. The quantitative estimate of drug-likeness (QED) is 0.363. The Morgan fingerprint density at radius 2 is 0.939 bits per heavy atom. The molecule has 4 aromatic rings. The summed E-state index contributed by atoms with van der Waals surface area (Å²) >= 11 is 0. The highest BCUT2D eigenvalue weighted by atomic mass is 16.2. The number of amides is 2. The van der Waals surface area contributed by atoms with Crippen LogP contribution in [0.2, 0.25) is 0 Å². The van der Waals surface area contributed by atoms with E-state index in [-0.39, 0.29) is 11.8 Å². The van der Waals surface area contributed by atoms with Gasteiger partial charge in [0, 0.05) is 27.9 Å². The third-order valence-corrected chi connectivity index (χ3v) is 5.76. The lowest BCUT2D eigenvalue weighted by Crippen LogP contribution is -2.21. The maximum atomic E-state index is 12.8. The van der Waals surface area contributed by atoms with Gasteiger partial charge in [0.2, 0.25) is 0 Å². The van der Waals surface area contributed by atoms with E-state index in [0.29, 0.717) is 11.1 Å². The second-order valence-electron chi connectivity index (χ2n) is 8.43. The lowest BCUT2D eigenvalue weighted by Gasteiger charge is -2.27. The topological polar surface area (TPSA) is 58.2 Å². The molecule has 0 radical (unpaired) electrons. The van der Waals surface area contributed by atoms with Gasteiger partial charge in [0.25, 0.3) is 11.8 Å². The van der Waals surface area contributed by atoms with Crippen LogP contribution in [0.15, 0.2) is 109 Å². The molecule has 0 aromatic heterocycles. The van der Waals surface area contributed by atoms with Crippen molar-refractivity contribution in [3.05, 3.63) is 131 Å². The van der Waals surface area contributed by atoms with E-state index in [9.17, 15) is 9.59 Å². The summed E-state index contributed by atoms with van der Waals surface area (Å²) in [5.41, 5.74) is 4.25. The van der Waals surface area contributed by atoms with Crippen LogP contribution in [0.25, 0.3) is 0 Å². The molecule has 33 heavy (non-hydrogen) atoms. The van der Waals surface area contributed by atoms with Gasteiger partial charge in [-0.1, -0.05) is 74.5 Å². The van der Waals surface area contributed by atoms with E-state index in [1.165, 1.54) is 0 Å². The van der Waals surface area contributed by atoms with Crippen molar-refractivity contribution in [3.8, 4) is 0 Å². The first kappa shape index (κ1) is 22.0. The molecule has 164 valence electrons. The van der Waals surface area contributed by atoms with Gasteiger partial charge in [-0.25, -0.2) is 0 Å². The van der Waals surface area contributed by atoms with E-state index >= 15 is 0 Å². The smallest absolute Gasteiger partial charge is 0.255 e. The third kappa shape index (κ3) is 5.18. The predicted molar refractivity (Wildman–Crippen MR) is 134 cm³/mol. The number of hydrogen-bond donors (Lipinski definition) is 2. The zero-order chi connectivity index (χ0) is 23.3. The first-order valence-corrected chi connectivity index (χ1v) is 10.9. The maximum absolute atomic E-state index is 12.8. The lowest BCUT2D eigenvalue weighted by atomic mass is 9.77. The number of carbonyl (C=O) groups excluding carboxylic acids is 2. The van der Waals surface area contributed by atoms with E-state index in [0.717, 1.165) is 22.5 Å². The minimum absolute atomic E-state index is 0.158. The fraction of sp³-hybridized carbons (Fsp3) is 0.103. The highest BCUT2D eigenvalue weighted by Crippen LogP contribution is 2.32. The summed E-state index contributed by atoms with van der Waals surface area (Å²) in [6, 6.07) is 34.0. The van der Waals surface area contributed by atoms with Crippen molar-refractivity contribution in [2.75, 3.05) is 10.6 Å². The fourth-order valence-electron chi connectivity index (χ4n) is 3.71. The summed E-state index contributed by atoms with van der Waals surface area (Å²) in [5, 5.41) is 5.86. The van der Waals surface area contributed by atoms with Crippen molar-refractivity contribution in [3.63, 3.8) is 0 Å². The summed E-state index contributed by atoms with van der Waals surface area (Å²) < 4.78 is 0. The SMILES string of the molecule is CC(C)(c1cccc(C(=O)Nc2ccccc2)c1)c1cccc(C(=O)Nc2ccccc2)c1. The van der Waals surface area contributed by atoms with Crippen LogP contribution in [0, 0.1) is 0 Å². The number of para-hydroxylation sites is 2. The predicted octanol–water partition coefficient (Wildman–Crippen LogP) is 6.52. The van der Waals surface area contributed by atoms with Gasteiger partial charge in [-0.05, 0) is 59.7 Å². The van der Waals surface area contributed by atoms with Gasteiger partial charge < -0.3 is 10.6 Å². The molecule has 0 aliphatic heterocycles. The fourth-order valence-corrected chi connectivity index (χ4v) is 3.71. The zero-order valence-corrected chi connectivity index (χ0v) is 18.7. The van der Waals surface area contributed by atoms with Crippen LogP contribution >= 0.6 is 0 Å². The van der Waals surface area contributed by atoms with E-state index < -0.39 is 5.41 Å². The van der Waals surface area contributed by atoms with Gasteiger partial charge in [-0.3, -0.25) is 9.59 Å². The van der Waals surface area contributed by atoms with Crippen LogP contribution < -0.4 is 10.6 Å². The monoisotopic (exact) mass is 434 g/mol. The van der Waals surface area contributed by atoms with E-state index in [1.807, 2.05) is 109 Å². The number of nitrogens with one attached hydrogen (secondary N) is 2. The van der Waals surface area contributed by atoms with Crippen LogP contribution in [0.1, 0.15) is 45.7 Å². The number of hydrogen-bond acceptors (Lipinski definition) is 2. The van der Waals surface area contributed by atoms with Gasteiger partial charge >= 0.3 is 0 Å². The highest BCUT2D eigenvalue weighted by molar-refractivity contribution is 6.05. The van der Waals surface area contributed by atoms with Crippen molar-refractivity contribution < 1.29 is 9.59 Å². The molecule has 0 saturated carbocycles. The Bertz CT molecular complexity index is 1170. The average molecular weight is 435 g/mol. The van der Waals surface area contributed by atoms with Gasteiger partial charge in [-0.15, -0.1) is 0 Å². The first-order chi connectivity index (χ1) is 15.9. The van der Waals surface area contributed by atoms with Crippen molar-refractivity contribution in [1.82, 2.24) is 0 Å². The Morgan fingerprint density at radius 3 is 1.33 bits per heavy atom. The molecule has 0 spiro atoms. The van der Waals surface area contributed by atoms with Crippen molar-refractivity contribution in [1.29, 1.82) is 0 Å². The summed E-state index contributed by atoms with van der Waals surface area (Å²) in [4.78, 5) is 25.6. The van der Waals surface area contributed by atoms with Crippen molar-refractivity contribution >= 4 is 23.2 Å². The molecule has 0 atom stereocenters. The van der Waals surface area contributed by atoms with Gasteiger partial charge in [0.15, 0.2) is 0 Å². The standard InChI is InChI=1S/C29H26N2O2/c1-29(2,23-13-9-11-21(19-23)27(32)30-25-15-5-3-6-16-25)24-14-10-12-22(20-24)28(33)31-26-17-7-4-8-18-26/h3-20H,1-2H3,(H,30,32)(H,31,33). The molecular weight excluding hydrogens is 408 g/mol. The van der Waals surface area contributed by atoms with Crippen LogP contribution in [-0.2, 0) is 5.41 Å². The highest BCUT2D eigenvalue weighted by Gasteiger charge is 2.25. The Balaban J connectivity index is 1.57. The maximum Gasteiger partial charge on any atom is 0.255 e. The lowest BCUT2D eigenvalue weighted by molar-refractivity contribution is 0.101. The van der Waals surface area contributed by atoms with Crippen LogP contribution in [-0.4, -0.2) is 11.8 Å². The molecule has 0 aliphatic rings. The molecule has 4 heteroatoms. The number of carbonyl (C=O) groups is 2. The van der Waals surface area contributed by atoms with Crippen molar-refractivity contribution in [2.24, 2.45) is 0 Å². The normalized spacial score (nSPS) is 11.0. The average Bonchev–Trinajstić information content (AvgIpc) is 2.85. The van der Waals surface area contributed by atoms with Crippen molar-refractivity contribution in [2.45, 2.75) is 19.3 Å². The second-order valence-corrected chi connectivity index (χ2v) is 8.43. The molecule has 4 aromatic carbocycles. The number of rotatable bonds is 6. The molecule has 2 amide bonds. The minimum Gasteiger partial charge on any atom is -0.322 e. The van der Waals surface area contributed by atoms with Gasteiger partial charge in [-0.2, -0.15) is 0 Å². The second kappa shape index (κ2) is 9.53. The van der Waals surface area contributed by atoms with E-state index in [2.05, 4.69) is 24.5 Å². The molecule has 0 aliphatic carbocycles. The Morgan fingerprint density at radius 1 is 0.545 bits per heavy atom. The largest absolute Gasteiger partial charge is 0.322 e. The van der Waals surface area contributed by atoms with Crippen LogP contribution in [0.5, 0.6) is 0 Å². The van der Waals surface area contributed by atoms with E-state index in [4.69, 9.17) is 0 Å². The zero-order valence-electron chi connectivity index (χ0n) is 18.7. The molecular formula is C29H26N2O2.